The second kappa shape index (κ2) is 23.9. The molecule has 0 fully saturated rings. The Labute approximate surface area is 214 Å². The van der Waals surface area contributed by atoms with Gasteiger partial charge in [0.1, 0.15) is 0 Å². The molecule has 0 rings (SSSR count). The fourth-order valence-electron chi connectivity index (χ4n) is 3.34. The monoisotopic (exact) mass is 472 g/mol. The van der Waals surface area contributed by atoms with E-state index in [0.717, 1.165) is 5.75 Å². The number of rotatable bonds is 15. The molecule has 0 aliphatic carbocycles. The van der Waals surface area contributed by atoms with E-state index in [0.29, 0.717) is 0 Å². The molecule has 0 spiro atoms. The molecule has 0 saturated carbocycles. The number of hydrogen-bond acceptors (Lipinski definition) is 1. The summed E-state index contributed by atoms with van der Waals surface area (Å²) in [5.74, 6) is 0.944. The summed E-state index contributed by atoms with van der Waals surface area (Å²) in [6.45, 7) is 19.8. The highest BCUT2D eigenvalue weighted by molar-refractivity contribution is 7.80. The molecule has 0 aliphatic rings. The number of hydrogen-bond donors (Lipinski definition) is 1. The predicted octanol–water partition coefficient (Wildman–Crippen LogP) is 11.5. The first-order valence-corrected chi connectivity index (χ1v) is 13.8. The number of unbranched alkanes of at least 4 members (excludes halogenated alkanes) is 1. The Morgan fingerprint density at radius 3 is 0.879 bits per heavy atom. The van der Waals surface area contributed by atoms with Crippen LogP contribution >= 0.6 is 12.6 Å². The second-order valence-electron chi connectivity index (χ2n) is 9.81. The molecular weight excluding hydrogens is 416 g/mol. The zero-order valence-electron chi connectivity index (χ0n) is 23.7. The number of thiol groups is 1. The van der Waals surface area contributed by atoms with Crippen LogP contribution in [0.25, 0.3) is 0 Å². The van der Waals surface area contributed by atoms with Crippen LogP contribution < -0.4 is 0 Å². The molecule has 0 saturated heterocycles. The van der Waals surface area contributed by atoms with Gasteiger partial charge in [0, 0.05) is 0 Å². The molecule has 0 aliphatic heterocycles. The van der Waals surface area contributed by atoms with E-state index in [1.165, 1.54) is 97.6 Å². The van der Waals surface area contributed by atoms with Crippen LogP contribution in [0.4, 0.5) is 0 Å². The van der Waals surface area contributed by atoms with Crippen molar-refractivity contribution in [3.8, 4) is 0 Å². The molecule has 1 heteroatoms. The van der Waals surface area contributed by atoms with Crippen molar-refractivity contribution in [2.75, 3.05) is 5.75 Å². The molecule has 0 aromatic carbocycles. The van der Waals surface area contributed by atoms with Crippen molar-refractivity contribution in [3.05, 3.63) is 69.9 Å². The van der Waals surface area contributed by atoms with E-state index in [1.54, 1.807) is 0 Å². The molecule has 190 valence electrons. The highest BCUT2D eigenvalue weighted by Crippen LogP contribution is 2.14. The molecule has 0 heterocycles. The standard InChI is InChI=1S/C30H50.C2H6S/c1-25(2)15-11-19-29(7)23-13-21-27(5)17-9-10-18-28(6)22-14-24-30(8)20-12-16-26(3)4;1-2-3/h15-18,23-24H,9-14,19-22H2,1-8H3;3H,2H2,1H3. The summed E-state index contributed by atoms with van der Waals surface area (Å²) in [6.07, 6.45) is 26.2. The third-order valence-electron chi connectivity index (χ3n) is 5.40. The van der Waals surface area contributed by atoms with Gasteiger partial charge in [-0.05, 0) is 125 Å². The smallest absolute Gasteiger partial charge is 0.0126 e. The van der Waals surface area contributed by atoms with Crippen molar-refractivity contribution < 1.29 is 0 Å². The normalized spacial score (nSPS) is 12.8. The van der Waals surface area contributed by atoms with Gasteiger partial charge in [0.05, 0.1) is 0 Å². The SMILES string of the molecule is CC(C)=CCCC(C)=CCCC(C)=CCCC=C(C)CCC=C(C)CCC=C(C)C.CCS. The fourth-order valence-corrected chi connectivity index (χ4v) is 3.34. The summed E-state index contributed by atoms with van der Waals surface area (Å²) < 4.78 is 0. The van der Waals surface area contributed by atoms with Gasteiger partial charge >= 0.3 is 0 Å². The average molecular weight is 473 g/mol. The van der Waals surface area contributed by atoms with E-state index in [2.05, 4.69) is 104 Å². The minimum Gasteiger partial charge on any atom is -0.180 e. The topological polar surface area (TPSA) is 0 Å². The highest BCUT2D eigenvalue weighted by atomic mass is 32.1. The fraction of sp³-hybridized carbons (Fsp3) is 0.625. The highest BCUT2D eigenvalue weighted by Gasteiger charge is 1.94. The lowest BCUT2D eigenvalue weighted by atomic mass is 10.0. The molecule has 0 unspecified atom stereocenters. The predicted molar refractivity (Wildman–Crippen MR) is 160 cm³/mol. The first kappa shape index (κ1) is 34.0. The van der Waals surface area contributed by atoms with Crippen molar-refractivity contribution in [3.63, 3.8) is 0 Å². The van der Waals surface area contributed by atoms with Gasteiger partial charge in [0.2, 0.25) is 0 Å². The molecule has 0 atom stereocenters. The Morgan fingerprint density at radius 2 is 0.636 bits per heavy atom. The van der Waals surface area contributed by atoms with Crippen molar-refractivity contribution in [1.29, 1.82) is 0 Å². The Kier molecular flexibility index (Phi) is 24.6. The molecule has 0 aromatic rings. The summed E-state index contributed by atoms with van der Waals surface area (Å²) in [6, 6.07) is 0. The lowest BCUT2D eigenvalue weighted by Gasteiger charge is -2.02. The van der Waals surface area contributed by atoms with E-state index in [9.17, 15) is 0 Å². The Bertz CT molecular complexity index is 599. The van der Waals surface area contributed by atoms with Gasteiger partial charge in [0.15, 0.2) is 0 Å². The minimum absolute atomic E-state index is 0.944. The van der Waals surface area contributed by atoms with Crippen LogP contribution in [-0.4, -0.2) is 5.75 Å². The van der Waals surface area contributed by atoms with Crippen molar-refractivity contribution in [2.24, 2.45) is 0 Å². The minimum atomic E-state index is 0.944. The molecule has 0 aromatic heterocycles. The first-order chi connectivity index (χ1) is 15.6. The van der Waals surface area contributed by atoms with Crippen LogP contribution in [0.1, 0.15) is 127 Å². The van der Waals surface area contributed by atoms with Crippen molar-refractivity contribution in [1.82, 2.24) is 0 Å². The summed E-state index contributed by atoms with van der Waals surface area (Å²) in [7, 11) is 0. The quantitative estimate of drug-likeness (QED) is 0.137. The average Bonchev–Trinajstić information content (AvgIpc) is 2.71. The lowest BCUT2D eigenvalue weighted by molar-refractivity contribution is 0.896. The number of allylic oxidation sites excluding steroid dienone is 12. The van der Waals surface area contributed by atoms with Crippen LogP contribution in [0, 0.1) is 0 Å². The third kappa shape index (κ3) is 28.8. The van der Waals surface area contributed by atoms with Gasteiger partial charge < -0.3 is 0 Å². The zero-order chi connectivity index (χ0) is 25.5. The van der Waals surface area contributed by atoms with E-state index in [1.807, 2.05) is 6.92 Å². The van der Waals surface area contributed by atoms with Crippen molar-refractivity contribution >= 4 is 12.6 Å². The van der Waals surface area contributed by atoms with Crippen LogP contribution in [0.3, 0.4) is 0 Å². The van der Waals surface area contributed by atoms with E-state index < -0.39 is 0 Å². The summed E-state index contributed by atoms with van der Waals surface area (Å²) in [5, 5.41) is 0. The van der Waals surface area contributed by atoms with Gasteiger partial charge in [0.25, 0.3) is 0 Å². The largest absolute Gasteiger partial charge is 0.180 e. The van der Waals surface area contributed by atoms with Crippen LogP contribution in [0.15, 0.2) is 69.9 Å². The Morgan fingerprint density at radius 1 is 0.424 bits per heavy atom. The Hall–Kier alpha value is -1.21. The zero-order valence-corrected chi connectivity index (χ0v) is 24.6. The second-order valence-corrected chi connectivity index (χ2v) is 10.4. The summed E-state index contributed by atoms with van der Waals surface area (Å²) >= 11 is 3.79. The van der Waals surface area contributed by atoms with Gasteiger partial charge in [-0.2, -0.15) is 12.6 Å². The molecule has 0 bridgehead atoms. The van der Waals surface area contributed by atoms with E-state index in [4.69, 9.17) is 0 Å². The molecule has 0 N–H and O–H groups in total. The molecule has 33 heavy (non-hydrogen) atoms. The molecule has 0 amide bonds. The van der Waals surface area contributed by atoms with Crippen LogP contribution in [0.5, 0.6) is 0 Å². The first-order valence-electron chi connectivity index (χ1n) is 13.1. The van der Waals surface area contributed by atoms with Crippen molar-refractivity contribution in [2.45, 2.75) is 127 Å². The third-order valence-corrected chi connectivity index (χ3v) is 5.40. The molecule has 0 nitrogen and oxygen atoms in total. The molecular formula is C32H56S. The Balaban J connectivity index is 0. The van der Waals surface area contributed by atoms with Gasteiger partial charge in [-0.1, -0.05) is 76.8 Å². The lowest BCUT2D eigenvalue weighted by Crippen LogP contribution is -1.82. The van der Waals surface area contributed by atoms with Crippen LogP contribution in [0.2, 0.25) is 0 Å². The van der Waals surface area contributed by atoms with Gasteiger partial charge in [-0.3, -0.25) is 0 Å². The molecule has 0 radical (unpaired) electrons. The maximum Gasteiger partial charge on any atom is -0.0126 e. The van der Waals surface area contributed by atoms with E-state index >= 15 is 0 Å². The van der Waals surface area contributed by atoms with Crippen LogP contribution in [-0.2, 0) is 0 Å². The summed E-state index contributed by atoms with van der Waals surface area (Å²) in [5.41, 5.74) is 8.97. The maximum absolute atomic E-state index is 3.79. The van der Waals surface area contributed by atoms with E-state index in [-0.39, 0.29) is 0 Å². The maximum atomic E-state index is 3.79. The van der Waals surface area contributed by atoms with Gasteiger partial charge in [-0.15, -0.1) is 0 Å². The van der Waals surface area contributed by atoms with Gasteiger partial charge in [-0.25, -0.2) is 0 Å². The summed E-state index contributed by atoms with van der Waals surface area (Å²) in [4.78, 5) is 0.